The molecular formula is C74H91BN2S. The molecule has 3 aliphatic carbocycles. The summed E-state index contributed by atoms with van der Waals surface area (Å²) >= 11 is 2.07. The van der Waals surface area contributed by atoms with E-state index in [0.717, 1.165) is 0 Å². The molecular weight excluding hydrogens is 960 g/mol. The molecule has 0 atom stereocenters. The minimum atomic E-state index is -0.0365. The third-order valence-electron chi connectivity index (χ3n) is 19.9. The van der Waals surface area contributed by atoms with Gasteiger partial charge in [0, 0.05) is 43.2 Å². The molecule has 2 saturated carbocycles. The summed E-state index contributed by atoms with van der Waals surface area (Å²) in [5, 5.41) is 1.40. The molecule has 6 aromatic carbocycles. The fourth-order valence-electron chi connectivity index (χ4n) is 14.7. The van der Waals surface area contributed by atoms with Crippen LogP contribution in [0.25, 0.3) is 21.2 Å². The Kier molecular flexibility index (Phi) is 12.9. The summed E-state index contributed by atoms with van der Waals surface area (Å²) in [6.07, 6.45) is 15.4. The van der Waals surface area contributed by atoms with Crippen LogP contribution in [0.1, 0.15) is 244 Å². The van der Waals surface area contributed by atoms with Crippen molar-refractivity contribution in [1.82, 2.24) is 0 Å². The van der Waals surface area contributed by atoms with Crippen LogP contribution in [0.2, 0.25) is 0 Å². The molecule has 3 heterocycles. The fraction of sp³-hybridized carbons (Fsp3) is 0.486. The third-order valence-corrected chi connectivity index (χ3v) is 21.1. The monoisotopic (exact) mass is 1050 g/mol. The quantitative estimate of drug-likeness (QED) is 0.159. The Bertz CT molecular complexity index is 3450. The van der Waals surface area contributed by atoms with E-state index < -0.39 is 0 Å². The smallest absolute Gasteiger partial charge is 0.264 e. The zero-order chi connectivity index (χ0) is 55.2. The van der Waals surface area contributed by atoms with Crippen LogP contribution in [-0.4, -0.2) is 6.71 Å². The molecule has 406 valence electrons. The molecule has 0 spiro atoms. The highest BCUT2D eigenvalue weighted by Crippen LogP contribution is 2.54. The molecule has 2 fully saturated rings. The Balaban J connectivity index is 1.22. The molecule has 12 rings (SSSR count). The second-order valence-electron chi connectivity index (χ2n) is 30.6. The summed E-state index contributed by atoms with van der Waals surface area (Å²) in [5.74, 6) is 1.10. The number of rotatable bonds is 5. The molecule has 2 aliphatic heterocycles. The molecule has 0 unspecified atom stereocenters. The molecule has 2 nitrogen and oxygen atoms in total. The van der Waals surface area contributed by atoms with Gasteiger partial charge in [-0.15, -0.1) is 11.3 Å². The fourth-order valence-corrected chi connectivity index (χ4v) is 16.0. The summed E-state index contributed by atoms with van der Waals surface area (Å²) in [7, 11) is 0. The molecule has 78 heavy (non-hydrogen) atoms. The van der Waals surface area contributed by atoms with Crippen molar-refractivity contribution in [2.45, 2.75) is 232 Å². The molecule has 0 bridgehead atoms. The van der Waals surface area contributed by atoms with Gasteiger partial charge in [0.2, 0.25) is 0 Å². The molecule has 5 aliphatic rings. The highest BCUT2D eigenvalue weighted by molar-refractivity contribution is 7.33. The van der Waals surface area contributed by atoms with Crippen molar-refractivity contribution in [2.24, 2.45) is 0 Å². The number of hydrogen-bond donors (Lipinski definition) is 0. The lowest BCUT2D eigenvalue weighted by atomic mass is 9.36. The van der Waals surface area contributed by atoms with Gasteiger partial charge in [-0.2, -0.15) is 0 Å². The van der Waals surface area contributed by atoms with Gasteiger partial charge in [0.1, 0.15) is 0 Å². The number of anilines is 6. The van der Waals surface area contributed by atoms with Crippen molar-refractivity contribution >= 4 is 78.0 Å². The normalized spacial score (nSPS) is 18.7. The SMILES string of the molecule is CC(C)(C)c1cc(-c2cc(C(C)(C)C)ccc2N2c3ccc(C4CCCCC4)cc3B3c4sc5ccc(C(C)(C)C)cc5c4N(c4ccc5c(c4)C(C)(C)CCC5(C)C)c4cc(C5CCCCC5)cc2c43)cc(C(C)(C)C)c1. The summed E-state index contributed by atoms with van der Waals surface area (Å²) in [4.78, 5) is 5.62. The topological polar surface area (TPSA) is 6.48 Å². The van der Waals surface area contributed by atoms with Crippen LogP contribution in [0.4, 0.5) is 34.1 Å². The average Bonchev–Trinajstić information content (AvgIpc) is 3.27. The average molecular weight is 1050 g/mol. The van der Waals surface area contributed by atoms with Gasteiger partial charge in [0.05, 0.1) is 11.4 Å². The van der Waals surface area contributed by atoms with Gasteiger partial charge in [-0.05, 0) is 198 Å². The molecule has 4 heteroatoms. The van der Waals surface area contributed by atoms with Crippen molar-refractivity contribution < 1.29 is 0 Å². The van der Waals surface area contributed by atoms with Gasteiger partial charge in [-0.25, -0.2) is 0 Å². The lowest BCUT2D eigenvalue weighted by molar-refractivity contribution is 0.332. The molecule has 0 amide bonds. The third kappa shape index (κ3) is 9.23. The van der Waals surface area contributed by atoms with Crippen LogP contribution < -0.4 is 25.5 Å². The lowest BCUT2D eigenvalue weighted by Crippen LogP contribution is -2.60. The second-order valence-corrected chi connectivity index (χ2v) is 31.7. The second kappa shape index (κ2) is 18.8. The Hall–Kier alpha value is -5.06. The first-order valence-electron chi connectivity index (χ1n) is 30.6. The van der Waals surface area contributed by atoms with Gasteiger partial charge in [-0.1, -0.05) is 198 Å². The summed E-state index contributed by atoms with van der Waals surface area (Å²) in [6, 6.07) is 43.7. The van der Waals surface area contributed by atoms with Crippen molar-refractivity contribution in [2.75, 3.05) is 9.80 Å². The van der Waals surface area contributed by atoms with Gasteiger partial charge in [-0.3, -0.25) is 0 Å². The first kappa shape index (κ1) is 53.6. The first-order valence-corrected chi connectivity index (χ1v) is 31.4. The predicted octanol–water partition coefficient (Wildman–Crippen LogP) is 20.3. The van der Waals surface area contributed by atoms with E-state index in [2.05, 4.69) is 235 Å². The number of benzene rings is 6. The van der Waals surface area contributed by atoms with Crippen molar-refractivity contribution in [3.63, 3.8) is 0 Å². The Morgan fingerprint density at radius 3 is 1.60 bits per heavy atom. The van der Waals surface area contributed by atoms with Gasteiger partial charge in [0.25, 0.3) is 6.71 Å². The van der Waals surface area contributed by atoms with E-state index in [9.17, 15) is 0 Å². The van der Waals surface area contributed by atoms with E-state index in [1.165, 1.54) is 193 Å². The minimum Gasteiger partial charge on any atom is -0.311 e. The largest absolute Gasteiger partial charge is 0.311 e. The van der Waals surface area contributed by atoms with E-state index in [1.807, 2.05) is 0 Å². The predicted molar refractivity (Wildman–Crippen MR) is 343 cm³/mol. The lowest BCUT2D eigenvalue weighted by Gasteiger charge is -2.46. The maximum atomic E-state index is 2.82. The van der Waals surface area contributed by atoms with E-state index in [0.29, 0.717) is 11.8 Å². The number of hydrogen-bond acceptors (Lipinski definition) is 3. The maximum absolute atomic E-state index is 2.82. The van der Waals surface area contributed by atoms with Gasteiger partial charge >= 0.3 is 0 Å². The summed E-state index contributed by atoms with van der Waals surface area (Å²) in [5.41, 5.74) is 25.4. The van der Waals surface area contributed by atoms with Crippen LogP contribution in [0.15, 0.2) is 103 Å². The zero-order valence-corrected chi connectivity index (χ0v) is 51.7. The highest BCUT2D eigenvalue weighted by Gasteiger charge is 2.47. The molecule has 7 aromatic rings. The molecule has 1 aromatic heterocycles. The Morgan fingerprint density at radius 2 is 1.00 bits per heavy atom. The number of fused-ring (bicyclic) bond motifs is 7. The van der Waals surface area contributed by atoms with Crippen LogP contribution in [0.3, 0.4) is 0 Å². The van der Waals surface area contributed by atoms with E-state index >= 15 is 0 Å². The van der Waals surface area contributed by atoms with Crippen LogP contribution in [0.5, 0.6) is 0 Å². The zero-order valence-electron chi connectivity index (χ0n) is 50.8. The Morgan fingerprint density at radius 1 is 0.462 bits per heavy atom. The van der Waals surface area contributed by atoms with E-state index in [1.54, 1.807) is 0 Å². The molecule has 0 saturated heterocycles. The van der Waals surface area contributed by atoms with Crippen molar-refractivity contribution in [3.05, 3.63) is 148 Å². The van der Waals surface area contributed by atoms with E-state index in [4.69, 9.17) is 0 Å². The van der Waals surface area contributed by atoms with Crippen LogP contribution in [0, 0.1) is 0 Å². The van der Waals surface area contributed by atoms with Crippen LogP contribution >= 0.6 is 11.3 Å². The molecule has 0 radical (unpaired) electrons. The summed E-state index contributed by atoms with van der Waals surface area (Å²) in [6.45, 7) is 38.7. The Labute approximate surface area is 475 Å². The number of thiophene rings is 1. The summed E-state index contributed by atoms with van der Waals surface area (Å²) < 4.78 is 2.88. The van der Waals surface area contributed by atoms with Gasteiger partial charge < -0.3 is 9.80 Å². The number of nitrogens with zero attached hydrogens (tertiary/aromatic N) is 2. The van der Waals surface area contributed by atoms with Crippen LogP contribution in [-0.2, 0) is 32.5 Å². The first-order chi connectivity index (χ1) is 36.7. The standard InChI is InChI=1S/C74H91BN2S/c1-69(2,3)51-28-33-61(56(43-51)50-37-53(71(7,8)9)42-54(38-50)72(10,11)12)77-62-32-27-48(46-23-19-17-20-24-46)39-60(62)75-66-63(40-49(41-64(66)77)47-25-21-18-22-26-47)76(55-30-31-58-59(45-55)74(15,16)36-35-73(58,13)14)67-57-44-52(70(4,5)6)29-34-65(57)78-68(67)75/h27-34,37-47H,17-26,35-36H2,1-16H3. The van der Waals surface area contributed by atoms with E-state index in [-0.39, 0.29) is 39.2 Å². The maximum Gasteiger partial charge on any atom is 0.264 e. The minimum absolute atomic E-state index is 0.0102. The van der Waals surface area contributed by atoms with Gasteiger partial charge in [0.15, 0.2) is 0 Å². The highest BCUT2D eigenvalue weighted by atomic mass is 32.1. The van der Waals surface area contributed by atoms with Crippen molar-refractivity contribution in [1.29, 1.82) is 0 Å². The molecule has 0 N–H and O–H groups in total. The van der Waals surface area contributed by atoms with Crippen molar-refractivity contribution in [3.8, 4) is 11.1 Å².